The Bertz CT molecular complexity index is 1120. The Kier molecular flexibility index (Phi) is 5.18. The Labute approximate surface area is 162 Å². The van der Waals surface area contributed by atoms with Crippen LogP contribution in [0.15, 0.2) is 52.3 Å². The van der Waals surface area contributed by atoms with Crippen LogP contribution in [-0.4, -0.2) is 45.4 Å². The number of hydrogen-bond acceptors (Lipinski definition) is 6. The molecule has 0 aliphatic carbocycles. The summed E-state index contributed by atoms with van der Waals surface area (Å²) in [7, 11) is -4.08. The summed E-state index contributed by atoms with van der Waals surface area (Å²) >= 11 is 0. The minimum Gasteiger partial charge on any atom is -0.452 e. The first-order valence-electron chi connectivity index (χ1n) is 8.04. The first-order valence-corrected chi connectivity index (χ1v) is 9.52. The molecule has 7 nitrogen and oxygen atoms in total. The molecule has 0 unspecified atom stereocenters. The Morgan fingerprint density at radius 1 is 1.00 bits per heavy atom. The maximum Gasteiger partial charge on any atom is 0.405 e. The minimum atomic E-state index is -4.62. The van der Waals surface area contributed by atoms with Gasteiger partial charge >= 0.3 is 12.1 Å². The molecule has 1 aliphatic heterocycles. The molecule has 1 amide bonds. The summed E-state index contributed by atoms with van der Waals surface area (Å²) in [6, 6.07) is 8.83. The summed E-state index contributed by atoms with van der Waals surface area (Å²) in [5.74, 6) is -2.83. The van der Waals surface area contributed by atoms with Gasteiger partial charge < -0.3 is 10.1 Å². The second kappa shape index (κ2) is 7.32. The second-order valence-corrected chi connectivity index (χ2v) is 7.89. The van der Waals surface area contributed by atoms with Crippen LogP contribution in [-0.2, 0) is 19.4 Å². The number of halogens is 3. The Balaban J connectivity index is 1.80. The molecule has 0 atom stereocenters. The lowest BCUT2D eigenvalue weighted by molar-refractivity contribution is -0.140. The summed E-state index contributed by atoms with van der Waals surface area (Å²) in [6.07, 6.45) is -4.62. The van der Waals surface area contributed by atoms with Crippen molar-refractivity contribution in [1.29, 1.82) is 0 Å². The molecule has 0 bridgehead atoms. The van der Waals surface area contributed by atoms with Crippen LogP contribution in [0.1, 0.15) is 26.3 Å². The predicted octanol–water partition coefficient (Wildman–Crippen LogP) is 1.90. The third kappa shape index (κ3) is 4.14. The number of hydrogen-bond donors (Lipinski definition) is 1. The summed E-state index contributed by atoms with van der Waals surface area (Å²) in [5, 5.41) is 1.53. The molecule has 3 rings (SSSR count). The van der Waals surface area contributed by atoms with Gasteiger partial charge in [0.2, 0.25) is 9.84 Å². The number of sulfone groups is 1. The molecule has 1 heterocycles. The van der Waals surface area contributed by atoms with E-state index in [2.05, 4.69) is 4.74 Å². The molecule has 29 heavy (non-hydrogen) atoms. The lowest BCUT2D eigenvalue weighted by Gasteiger charge is -2.19. The van der Waals surface area contributed by atoms with Gasteiger partial charge in [-0.25, -0.2) is 13.2 Å². The molecule has 1 aliphatic rings. The summed E-state index contributed by atoms with van der Waals surface area (Å²) < 4.78 is 66.3. The second-order valence-electron chi connectivity index (χ2n) is 6.01. The van der Waals surface area contributed by atoms with E-state index in [1.165, 1.54) is 29.6 Å². The number of esters is 1. The molecule has 0 spiro atoms. The molecular weight excluding hydrogens is 415 g/mol. The highest BCUT2D eigenvalue weighted by Crippen LogP contribution is 2.34. The van der Waals surface area contributed by atoms with Gasteiger partial charge in [0.05, 0.1) is 15.4 Å². The van der Waals surface area contributed by atoms with E-state index in [1.807, 2.05) is 0 Å². The fourth-order valence-electron chi connectivity index (χ4n) is 2.68. The lowest BCUT2D eigenvalue weighted by atomic mass is 10.0. The molecule has 11 heteroatoms. The molecular formula is C18H12F3NO6S. The van der Waals surface area contributed by atoms with E-state index in [1.54, 1.807) is 0 Å². The normalized spacial score (nSPS) is 14.5. The summed E-state index contributed by atoms with van der Waals surface area (Å²) in [5.41, 5.74) is -0.386. The largest absolute Gasteiger partial charge is 0.452 e. The van der Waals surface area contributed by atoms with E-state index >= 15 is 0 Å². The number of alkyl halides is 3. The van der Waals surface area contributed by atoms with Crippen LogP contribution < -0.4 is 5.32 Å². The highest BCUT2D eigenvalue weighted by Gasteiger charge is 2.35. The van der Waals surface area contributed by atoms with Crippen LogP contribution in [0, 0.1) is 0 Å². The van der Waals surface area contributed by atoms with Crippen LogP contribution >= 0.6 is 0 Å². The zero-order valence-electron chi connectivity index (χ0n) is 14.4. The number of amides is 1. The Hall–Kier alpha value is -3.21. The van der Waals surface area contributed by atoms with Crippen molar-refractivity contribution < 1.29 is 40.7 Å². The van der Waals surface area contributed by atoms with Crippen molar-refractivity contribution in [1.82, 2.24) is 5.32 Å². The average molecular weight is 427 g/mol. The molecule has 0 fully saturated rings. The minimum absolute atomic E-state index is 0.0108. The number of carbonyl (C=O) groups is 3. The van der Waals surface area contributed by atoms with Crippen molar-refractivity contribution in [3.05, 3.63) is 59.2 Å². The van der Waals surface area contributed by atoms with E-state index in [4.69, 9.17) is 0 Å². The molecule has 2 aromatic carbocycles. The fraction of sp³-hybridized carbons (Fsp3) is 0.167. The van der Waals surface area contributed by atoms with Gasteiger partial charge in [-0.3, -0.25) is 9.59 Å². The Morgan fingerprint density at radius 2 is 1.66 bits per heavy atom. The van der Waals surface area contributed by atoms with E-state index in [0.29, 0.717) is 0 Å². The SMILES string of the molecule is O=C(COC(=O)c1ccc2c(c1)S(=O)(=O)c1ccccc1C2=O)NCC(F)(F)F. The van der Waals surface area contributed by atoms with Gasteiger partial charge in [0.15, 0.2) is 12.4 Å². The molecule has 2 aromatic rings. The number of fused-ring (bicyclic) bond motifs is 2. The third-order valence-electron chi connectivity index (χ3n) is 3.99. The first-order chi connectivity index (χ1) is 13.5. The zero-order chi connectivity index (χ0) is 21.4. The molecule has 152 valence electrons. The highest BCUT2D eigenvalue weighted by atomic mass is 32.2. The zero-order valence-corrected chi connectivity index (χ0v) is 15.3. The van der Waals surface area contributed by atoms with Gasteiger partial charge in [-0.2, -0.15) is 13.2 Å². The summed E-state index contributed by atoms with van der Waals surface area (Å²) in [4.78, 5) is 35.3. The van der Waals surface area contributed by atoms with Gasteiger partial charge in [-0.1, -0.05) is 12.1 Å². The first kappa shape index (κ1) is 20.5. The van der Waals surface area contributed by atoms with Crippen LogP contribution in [0.4, 0.5) is 13.2 Å². The Morgan fingerprint density at radius 3 is 2.34 bits per heavy atom. The number of carbonyl (C=O) groups excluding carboxylic acids is 3. The van der Waals surface area contributed by atoms with Crippen LogP contribution in [0.5, 0.6) is 0 Å². The third-order valence-corrected chi connectivity index (χ3v) is 5.84. The van der Waals surface area contributed by atoms with Gasteiger partial charge in [-0.15, -0.1) is 0 Å². The number of nitrogens with one attached hydrogen (secondary N) is 1. The molecule has 0 saturated heterocycles. The average Bonchev–Trinajstić information content (AvgIpc) is 2.68. The molecule has 0 radical (unpaired) electrons. The van der Waals surface area contributed by atoms with Crippen LogP contribution in [0.2, 0.25) is 0 Å². The van der Waals surface area contributed by atoms with E-state index < -0.39 is 51.7 Å². The van der Waals surface area contributed by atoms with Crippen LogP contribution in [0.3, 0.4) is 0 Å². The van der Waals surface area contributed by atoms with E-state index in [0.717, 1.165) is 18.2 Å². The summed E-state index contributed by atoms with van der Waals surface area (Å²) in [6.45, 7) is -2.57. The van der Waals surface area contributed by atoms with Crippen molar-refractivity contribution in [3.8, 4) is 0 Å². The highest BCUT2D eigenvalue weighted by molar-refractivity contribution is 7.91. The van der Waals surface area contributed by atoms with Crippen LogP contribution in [0.25, 0.3) is 0 Å². The van der Waals surface area contributed by atoms with Crippen molar-refractivity contribution in [2.24, 2.45) is 0 Å². The number of rotatable bonds is 4. The van der Waals surface area contributed by atoms with E-state index in [-0.39, 0.29) is 21.6 Å². The lowest BCUT2D eigenvalue weighted by Crippen LogP contribution is -2.36. The number of ether oxygens (including phenoxy) is 1. The van der Waals surface area contributed by atoms with Crippen molar-refractivity contribution in [3.63, 3.8) is 0 Å². The van der Waals surface area contributed by atoms with Crippen molar-refractivity contribution in [2.75, 3.05) is 13.2 Å². The monoisotopic (exact) mass is 427 g/mol. The van der Waals surface area contributed by atoms with Gasteiger partial charge in [0.25, 0.3) is 5.91 Å². The standard InChI is InChI=1S/C18H12F3NO6S/c19-18(20,21)9-22-15(23)8-28-17(25)10-5-6-12-14(7-10)29(26,27)13-4-2-1-3-11(13)16(12)24/h1-7H,8-9H2,(H,22,23). The maximum absolute atomic E-state index is 12.8. The molecule has 0 aromatic heterocycles. The van der Waals surface area contributed by atoms with Crippen molar-refractivity contribution in [2.45, 2.75) is 16.0 Å². The number of benzene rings is 2. The van der Waals surface area contributed by atoms with Gasteiger partial charge in [0, 0.05) is 11.1 Å². The smallest absolute Gasteiger partial charge is 0.405 e. The van der Waals surface area contributed by atoms with E-state index in [9.17, 15) is 36.0 Å². The molecule has 0 saturated carbocycles. The molecule has 1 N–H and O–H groups in total. The quantitative estimate of drug-likeness (QED) is 0.638. The number of ketones is 1. The van der Waals surface area contributed by atoms with Gasteiger partial charge in [-0.05, 0) is 30.3 Å². The van der Waals surface area contributed by atoms with Crippen molar-refractivity contribution >= 4 is 27.5 Å². The maximum atomic E-state index is 12.8. The van der Waals surface area contributed by atoms with Gasteiger partial charge in [0.1, 0.15) is 6.54 Å². The predicted molar refractivity (Wildman–Crippen MR) is 91.1 cm³/mol. The topological polar surface area (TPSA) is 107 Å². The fourth-order valence-corrected chi connectivity index (χ4v) is 4.35.